The first kappa shape index (κ1) is 12.7. The highest BCUT2D eigenvalue weighted by Crippen LogP contribution is 2.27. The monoisotopic (exact) mass is 369 g/mol. The van der Waals surface area contributed by atoms with E-state index < -0.39 is 0 Å². The van der Waals surface area contributed by atoms with Gasteiger partial charge in [0.1, 0.15) is 11.3 Å². The summed E-state index contributed by atoms with van der Waals surface area (Å²) < 4.78 is 1.12. The van der Waals surface area contributed by atoms with Crippen molar-refractivity contribution in [2.75, 3.05) is 18.4 Å². The average Bonchev–Trinajstić information content (AvgIpc) is 3.02. The van der Waals surface area contributed by atoms with E-state index in [9.17, 15) is 0 Å². The molecule has 3 N–H and O–H groups in total. The molecule has 0 aliphatic carbocycles. The summed E-state index contributed by atoms with van der Waals surface area (Å²) in [6, 6.07) is 4.13. The number of anilines is 1. The van der Waals surface area contributed by atoms with Gasteiger partial charge in [-0.2, -0.15) is 0 Å². The summed E-state index contributed by atoms with van der Waals surface area (Å²) in [5.74, 6) is 2.28. The van der Waals surface area contributed by atoms with Crippen LogP contribution in [0.2, 0.25) is 0 Å². The van der Waals surface area contributed by atoms with Gasteiger partial charge in [0.2, 0.25) is 0 Å². The SMILES string of the molecule is CC(C)c1nc2c(I)c(NC3=NCCN3)ccc2[nH]1. The van der Waals surface area contributed by atoms with E-state index in [0.29, 0.717) is 5.92 Å². The molecule has 0 amide bonds. The third kappa shape index (κ3) is 2.41. The van der Waals surface area contributed by atoms with E-state index in [1.165, 1.54) is 0 Å². The summed E-state index contributed by atoms with van der Waals surface area (Å²) in [4.78, 5) is 12.4. The Morgan fingerprint density at radius 2 is 2.21 bits per heavy atom. The number of aromatic nitrogens is 2. The summed E-state index contributed by atoms with van der Waals surface area (Å²) in [5, 5.41) is 6.53. The largest absolute Gasteiger partial charge is 0.354 e. The normalized spacial score (nSPS) is 14.8. The number of hydrogen-bond acceptors (Lipinski definition) is 4. The average molecular weight is 369 g/mol. The topological polar surface area (TPSA) is 65.1 Å². The van der Waals surface area contributed by atoms with Crippen LogP contribution < -0.4 is 10.6 Å². The fraction of sp³-hybridized carbons (Fsp3) is 0.385. The van der Waals surface area contributed by atoms with Gasteiger partial charge < -0.3 is 15.6 Å². The first-order valence-corrected chi connectivity index (χ1v) is 7.46. The molecule has 1 aliphatic rings. The van der Waals surface area contributed by atoms with Crippen LogP contribution in [0, 0.1) is 3.57 Å². The predicted octanol–water partition coefficient (Wildman–Crippen LogP) is 2.66. The lowest BCUT2D eigenvalue weighted by Gasteiger charge is -2.08. The second kappa shape index (κ2) is 4.99. The summed E-state index contributed by atoms with van der Waals surface area (Å²) in [7, 11) is 0. The molecule has 3 rings (SSSR count). The van der Waals surface area contributed by atoms with Crippen LogP contribution in [0.3, 0.4) is 0 Å². The summed E-state index contributed by atoms with van der Waals surface area (Å²) in [5.41, 5.74) is 3.15. The number of hydrogen-bond donors (Lipinski definition) is 3. The van der Waals surface area contributed by atoms with Crippen LogP contribution >= 0.6 is 22.6 Å². The number of fused-ring (bicyclic) bond motifs is 1. The maximum absolute atomic E-state index is 4.68. The Labute approximate surface area is 125 Å². The maximum atomic E-state index is 4.68. The molecule has 19 heavy (non-hydrogen) atoms. The molecule has 5 nitrogen and oxygen atoms in total. The molecule has 0 radical (unpaired) electrons. The van der Waals surface area contributed by atoms with E-state index in [0.717, 1.165) is 45.2 Å². The van der Waals surface area contributed by atoms with Crippen LogP contribution in [0.25, 0.3) is 11.0 Å². The first-order valence-electron chi connectivity index (χ1n) is 6.38. The van der Waals surface area contributed by atoms with E-state index in [1.54, 1.807) is 0 Å². The van der Waals surface area contributed by atoms with Crippen LogP contribution in [0.1, 0.15) is 25.6 Å². The molecule has 2 aromatic rings. The summed E-state index contributed by atoms with van der Waals surface area (Å²) in [6.45, 7) is 6.02. The lowest BCUT2D eigenvalue weighted by Crippen LogP contribution is -2.26. The molecular weight excluding hydrogens is 353 g/mol. The second-order valence-electron chi connectivity index (χ2n) is 4.88. The van der Waals surface area contributed by atoms with E-state index in [4.69, 9.17) is 0 Å². The third-order valence-corrected chi connectivity index (χ3v) is 4.18. The van der Waals surface area contributed by atoms with Crippen LogP contribution in [-0.4, -0.2) is 29.0 Å². The molecule has 0 bridgehead atoms. The van der Waals surface area contributed by atoms with Crippen molar-refractivity contribution in [2.24, 2.45) is 4.99 Å². The van der Waals surface area contributed by atoms with Gasteiger partial charge in [0.25, 0.3) is 0 Å². The number of imidazole rings is 1. The Hall–Kier alpha value is -1.31. The van der Waals surface area contributed by atoms with Crippen molar-refractivity contribution >= 4 is 45.3 Å². The number of rotatable bonds is 2. The van der Waals surface area contributed by atoms with Crippen molar-refractivity contribution in [3.05, 3.63) is 21.5 Å². The van der Waals surface area contributed by atoms with Gasteiger partial charge in [0.15, 0.2) is 5.96 Å². The number of benzene rings is 1. The zero-order valence-corrected chi connectivity index (χ0v) is 13.1. The number of aliphatic imine (C=N–C) groups is 1. The Morgan fingerprint density at radius 3 is 2.89 bits per heavy atom. The van der Waals surface area contributed by atoms with E-state index in [2.05, 4.69) is 74.2 Å². The van der Waals surface area contributed by atoms with Crippen molar-refractivity contribution in [2.45, 2.75) is 19.8 Å². The number of nitrogens with zero attached hydrogens (tertiary/aromatic N) is 2. The minimum absolute atomic E-state index is 0.403. The Morgan fingerprint density at radius 1 is 1.37 bits per heavy atom. The molecule has 1 aliphatic heterocycles. The zero-order valence-electron chi connectivity index (χ0n) is 10.9. The number of aromatic amines is 1. The second-order valence-corrected chi connectivity index (χ2v) is 5.96. The molecule has 0 saturated carbocycles. The molecule has 0 fully saturated rings. The van der Waals surface area contributed by atoms with Gasteiger partial charge in [0, 0.05) is 12.5 Å². The molecule has 100 valence electrons. The van der Waals surface area contributed by atoms with Gasteiger partial charge in [0.05, 0.1) is 21.3 Å². The van der Waals surface area contributed by atoms with E-state index in [1.807, 2.05) is 0 Å². The minimum Gasteiger partial charge on any atom is -0.354 e. The molecule has 0 atom stereocenters. The standard InChI is InChI=1S/C13H16IN5/c1-7(2)12-17-9-4-3-8(10(14)11(9)19-12)18-13-15-5-6-16-13/h3-4,7H,5-6H2,1-2H3,(H,17,19)(H2,15,16,18). The lowest BCUT2D eigenvalue weighted by atomic mass is 10.2. The molecule has 1 aromatic heterocycles. The Kier molecular flexibility index (Phi) is 3.34. The van der Waals surface area contributed by atoms with Crippen molar-refractivity contribution in [3.8, 4) is 0 Å². The van der Waals surface area contributed by atoms with Crippen molar-refractivity contribution in [3.63, 3.8) is 0 Å². The van der Waals surface area contributed by atoms with Gasteiger partial charge in [-0.1, -0.05) is 13.8 Å². The van der Waals surface area contributed by atoms with Crippen LogP contribution in [0.15, 0.2) is 17.1 Å². The Balaban J connectivity index is 1.99. The molecule has 0 spiro atoms. The highest BCUT2D eigenvalue weighted by atomic mass is 127. The maximum Gasteiger partial charge on any atom is 0.195 e. The molecule has 0 unspecified atom stereocenters. The van der Waals surface area contributed by atoms with E-state index >= 15 is 0 Å². The number of H-pyrrole nitrogens is 1. The van der Waals surface area contributed by atoms with Gasteiger partial charge in [-0.05, 0) is 34.7 Å². The van der Waals surface area contributed by atoms with Crippen molar-refractivity contribution in [1.82, 2.24) is 15.3 Å². The molecule has 6 heteroatoms. The minimum atomic E-state index is 0.403. The first-order chi connectivity index (χ1) is 9.15. The molecule has 1 aromatic carbocycles. The quantitative estimate of drug-likeness (QED) is 0.714. The number of halogens is 1. The molecular formula is C13H16IN5. The van der Waals surface area contributed by atoms with Gasteiger partial charge in [-0.15, -0.1) is 0 Å². The van der Waals surface area contributed by atoms with Crippen molar-refractivity contribution in [1.29, 1.82) is 0 Å². The van der Waals surface area contributed by atoms with Crippen molar-refractivity contribution < 1.29 is 0 Å². The van der Waals surface area contributed by atoms with Gasteiger partial charge in [-0.3, -0.25) is 4.99 Å². The van der Waals surface area contributed by atoms with Crippen LogP contribution in [0.5, 0.6) is 0 Å². The number of guanidine groups is 1. The highest BCUT2D eigenvalue weighted by Gasteiger charge is 2.13. The van der Waals surface area contributed by atoms with Gasteiger partial charge in [-0.25, -0.2) is 4.98 Å². The lowest BCUT2D eigenvalue weighted by molar-refractivity contribution is 0.799. The third-order valence-electron chi connectivity index (χ3n) is 3.09. The smallest absolute Gasteiger partial charge is 0.195 e. The van der Waals surface area contributed by atoms with Crippen LogP contribution in [0.4, 0.5) is 5.69 Å². The highest BCUT2D eigenvalue weighted by molar-refractivity contribution is 14.1. The fourth-order valence-electron chi connectivity index (χ4n) is 2.04. The Bertz CT molecular complexity index is 644. The summed E-state index contributed by atoms with van der Waals surface area (Å²) in [6.07, 6.45) is 0. The molecule has 0 saturated heterocycles. The number of nitrogens with one attached hydrogen (secondary N) is 3. The zero-order chi connectivity index (χ0) is 13.4. The van der Waals surface area contributed by atoms with Gasteiger partial charge >= 0.3 is 0 Å². The van der Waals surface area contributed by atoms with Crippen LogP contribution in [-0.2, 0) is 0 Å². The fourth-order valence-corrected chi connectivity index (χ4v) is 2.77. The summed E-state index contributed by atoms with van der Waals surface area (Å²) >= 11 is 2.33. The van der Waals surface area contributed by atoms with E-state index in [-0.39, 0.29) is 0 Å². The predicted molar refractivity (Wildman–Crippen MR) is 86.8 cm³/mol. The molecule has 2 heterocycles.